The van der Waals surface area contributed by atoms with Gasteiger partial charge in [-0.25, -0.2) is 13.2 Å². The topological polar surface area (TPSA) is 49.0 Å². The van der Waals surface area contributed by atoms with E-state index in [1.165, 1.54) is 17.0 Å². The molecule has 0 aliphatic carbocycles. The van der Waals surface area contributed by atoms with Gasteiger partial charge in [-0.1, -0.05) is 18.2 Å². The lowest BCUT2D eigenvalue weighted by Crippen LogP contribution is -2.35. The van der Waals surface area contributed by atoms with E-state index in [0.29, 0.717) is 22.5 Å². The average Bonchev–Trinajstić information content (AvgIpc) is 3.00. The molecule has 2 aromatic carbocycles. The number of aromatic amines is 1. The number of halogens is 3. The van der Waals surface area contributed by atoms with Crippen LogP contribution in [0.1, 0.15) is 16.8 Å². The Labute approximate surface area is 147 Å². The number of benzene rings is 2. The second-order valence-corrected chi connectivity index (χ2v) is 6.17. The van der Waals surface area contributed by atoms with E-state index in [2.05, 4.69) is 10.2 Å². The van der Waals surface area contributed by atoms with Gasteiger partial charge in [-0.05, 0) is 18.2 Å². The third-order valence-electron chi connectivity index (χ3n) is 4.49. The van der Waals surface area contributed by atoms with E-state index in [1.807, 2.05) is 0 Å². The summed E-state index contributed by atoms with van der Waals surface area (Å²) in [6, 6.07) is 9.51. The first-order chi connectivity index (χ1) is 12.5. The average molecular weight is 357 g/mol. The van der Waals surface area contributed by atoms with Gasteiger partial charge in [0, 0.05) is 29.3 Å². The summed E-state index contributed by atoms with van der Waals surface area (Å²) in [7, 11) is 0. The van der Waals surface area contributed by atoms with Crippen molar-refractivity contribution in [2.45, 2.75) is 19.5 Å². The fourth-order valence-electron chi connectivity index (χ4n) is 3.15. The molecule has 2 heterocycles. The molecule has 0 spiro atoms. The number of H-pyrrole nitrogens is 1. The highest BCUT2D eigenvalue weighted by molar-refractivity contribution is 5.83. The van der Waals surface area contributed by atoms with Crippen LogP contribution in [0.5, 0.6) is 0 Å². The number of amides is 1. The van der Waals surface area contributed by atoms with Gasteiger partial charge in [0.1, 0.15) is 17.5 Å². The Morgan fingerprint density at radius 3 is 2.65 bits per heavy atom. The van der Waals surface area contributed by atoms with Crippen molar-refractivity contribution in [3.63, 3.8) is 0 Å². The zero-order valence-electron chi connectivity index (χ0n) is 13.6. The quantitative estimate of drug-likeness (QED) is 0.779. The Morgan fingerprint density at radius 1 is 1.08 bits per heavy atom. The minimum absolute atomic E-state index is 0.0203. The highest BCUT2D eigenvalue weighted by atomic mass is 19.1. The first kappa shape index (κ1) is 16.4. The summed E-state index contributed by atoms with van der Waals surface area (Å²) >= 11 is 0. The van der Waals surface area contributed by atoms with Crippen molar-refractivity contribution in [2.24, 2.45) is 0 Å². The number of nitrogens with zero attached hydrogens (tertiary/aromatic N) is 2. The number of hydrogen-bond donors (Lipinski definition) is 1. The normalized spacial score (nSPS) is 13.8. The standard InChI is InChI=1S/C19H14F3N3O/c20-12-5-6-13(16(22)7-12)19-14-8-18(26)25(10-17(14)23-24-19)9-11-3-1-2-4-15(11)21/h1-7H,8-10H2,(H,23,24). The largest absolute Gasteiger partial charge is 0.332 e. The lowest BCUT2D eigenvalue weighted by molar-refractivity contribution is -0.132. The summed E-state index contributed by atoms with van der Waals surface area (Å²) in [5, 5.41) is 6.93. The number of nitrogens with one attached hydrogen (secondary N) is 1. The van der Waals surface area contributed by atoms with Gasteiger partial charge in [0.15, 0.2) is 0 Å². The predicted octanol–water partition coefficient (Wildman–Crippen LogP) is 3.58. The third-order valence-corrected chi connectivity index (χ3v) is 4.49. The zero-order chi connectivity index (χ0) is 18.3. The Morgan fingerprint density at radius 2 is 1.88 bits per heavy atom. The van der Waals surface area contributed by atoms with Crippen LogP contribution >= 0.6 is 0 Å². The van der Waals surface area contributed by atoms with Crippen LogP contribution in [0.3, 0.4) is 0 Å². The summed E-state index contributed by atoms with van der Waals surface area (Å²) in [6.45, 7) is 0.364. The predicted molar refractivity (Wildman–Crippen MR) is 88.3 cm³/mol. The molecule has 1 aromatic heterocycles. The fourth-order valence-corrected chi connectivity index (χ4v) is 3.15. The van der Waals surface area contributed by atoms with Crippen LogP contribution in [0.15, 0.2) is 42.5 Å². The van der Waals surface area contributed by atoms with E-state index in [1.54, 1.807) is 18.2 Å². The van der Waals surface area contributed by atoms with E-state index >= 15 is 0 Å². The maximum Gasteiger partial charge on any atom is 0.227 e. The molecule has 3 aromatic rings. The van der Waals surface area contributed by atoms with Gasteiger partial charge in [-0.3, -0.25) is 9.89 Å². The number of aromatic nitrogens is 2. The van der Waals surface area contributed by atoms with Gasteiger partial charge < -0.3 is 4.90 Å². The highest BCUT2D eigenvalue weighted by Gasteiger charge is 2.29. The van der Waals surface area contributed by atoms with Crippen LogP contribution in [0.25, 0.3) is 11.3 Å². The van der Waals surface area contributed by atoms with Crippen molar-refractivity contribution in [1.29, 1.82) is 0 Å². The number of carbonyl (C=O) groups excluding carboxylic acids is 1. The Bertz CT molecular complexity index is 999. The Kier molecular flexibility index (Phi) is 3.99. The van der Waals surface area contributed by atoms with E-state index in [-0.39, 0.29) is 36.8 Å². The second-order valence-electron chi connectivity index (χ2n) is 6.17. The molecule has 132 valence electrons. The van der Waals surface area contributed by atoms with Crippen LogP contribution in [-0.2, 0) is 24.3 Å². The van der Waals surface area contributed by atoms with Crippen molar-refractivity contribution in [2.75, 3.05) is 0 Å². The molecule has 4 nitrogen and oxygen atoms in total. The summed E-state index contributed by atoms with van der Waals surface area (Å²) in [6.07, 6.45) is 0.0203. The first-order valence-corrected chi connectivity index (χ1v) is 8.05. The van der Waals surface area contributed by atoms with Crippen LogP contribution in [0.4, 0.5) is 13.2 Å². The van der Waals surface area contributed by atoms with Gasteiger partial charge in [-0.2, -0.15) is 5.10 Å². The van der Waals surface area contributed by atoms with Crippen LogP contribution in [-0.4, -0.2) is 21.0 Å². The summed E-state index contributed by atoms with van der Waals surface area (Å²) in [4.78, 5) is 14.0. The van der Waals surface area contributed by atoms with Crippen LogP contribution in [0, 0.1) is 17.5 Å². The van der Waals surface area contributed by atoms with Crippen LogP contribution in [0.2, 0.25) is 0 Å². The minimum Gasteiger partial charge on any atom is -0.332 e. The monoisotopic (exact) mass is 357 g/mol. The molecule has 1 N–H and O–H groups in total. The maximum atomic E-state index is 14.1. The summed E-state index contributed by atoms with van der Waals surface area (Å²) in [5.41, 5.74) is 2.12. The SMILES string of the molecule is O=C1Cc2c(-c3ccc(F)cc3F)n[nH]c2CN1Cc1ccccc1F. The lowest BCUT2D eigenvalue weighted by atomic mass is 9.98. The maximum absolute atomic E-state index is 14.1. The molecule has 0 atom stereocenters. The molecule has 0 saturated carbocycles. The van der Waals surface area contributed by atoms with Crippen molar-refractivity contribution in [3.8, 4) is 11.3 Å². The van der Waals surface area contributed by atoms with Gasteiger partial charge >= 0.3 is 0 Å². The molecular formula is C19H14F3N3O. The van der Waals surface area contributed by atoms with Crippen molar-refractivity contribution >= 4 is 5.91 Å². The van der Waals surface area contributed by atoms with E-state index < -0.39 is 11.6 Å². The molecule has 26 heavy (non-hydrogen) atoms. The van der Waals surface area contributed by atoms with Crippen molar-refractivity contribution in [3.05, 3.63) is 76.7 Å². The number of carbonyl (C=O) groups is 1. The van der Waals surface area contributed by atoms with E-state index in [0.717, 1.165) is 12.1 Å². The van der Waals surface area contributed by atoms with Gasteiger partial charge in [0.05, 0.1) is 24.4 Å². The number of rotatable bonds is 3. The summed E-state index contributed by atoms with van der Waals surface area (Å²) < 4.78 is 41.0. The highest BCUT2D eigenvalue weighted by Crippen LogP contribution is 2.31. The van der Waals surface area contributed by atoms with E-state index in [9.17, 15) is 18.0 Å². The van der Waals surface area contributed by atoms with E-state index in [4.69, 9.17) is 0 Å². The molecule has 0 unspecified atom stereocenters. The Hall–Kier alpha value is -3.09. The Balaban J connectivity index is 1.64. The molecule has 1 aliphatic heterocycles. The van der Waals surface area contributed by atoms with Gasteiger partial charge in [0.2, 0.25) is 5.91 Å². The molecule has 0 radical (unpaired) electrons. The zero-order valence-corrected chi connectivity index (χ0v) is 13.6. The molecule has 7 heteroatoms. The number of hydrogen-bond acceptors (Lipinski definition) is 2. The molecule has 4 rings (SSSR count). The van der Waals surface area contributed by atoms with Gasteiger partial charge in [0.25, 0.3) is 0 Å². The lowest BCUT2D eigenvalue weighted by Gasteiger charge is -2.27. The smallest absolute Gasteiger partial charge is 0.227 e. The molecule has 0 bridgehead atoms. The molecule has 0 fully saturated rings. The fraction of sp³-hybridized carbons (Fsp3) is 0.158. The first-order valence-electron chi connectivity index (χ1n) is 8.05. The number of fused-ring (bicyclic) bond motifs is 1. The molecular weight excluding hydrogens is 343 g/mol. The second kappa shape index (κ2) is 6.33. The molecule has 1 amide bonds. The van der Waals surface area contributed by atoms with Crippen molar-refractivity contribution in [1.82, 2.24) is 15.1 Å². The third kappa shape index (κ3) is 2.85. The minimum atomic E-state index is -0.736. The molecule has 1 aliphatic rings. The van der Waals surface area contributed by atoms with Gasteiger partial charge in [-0.15, -0.1) is 0 Å². The van der Waals surface area contributed by atoms with Crippen LogP contribution < -0.4 is 0 Å². The molecule has 0 saturated heterocycles. The summed E-state index contributed by atoms with van der Waals surface area (Å²) in [5.74, 6) is -1.99. The van der Waals surface area contributed by atoms with Crippen molar-refractivity contribution < 1.29 is 18.0 Å².